The lowest BCUT2D eigenvalue weighted by molar-refractivity contribution is 0.191. The molecule has 4 nitrogen and oxygen atoms in total. The monoisotopic (exact) mass is 307 g/mol. The van der Waals surface area contributed by atoms with Crippen LogP contribution in [-0.4, -0.2) is 27.5 Å². The van der Waals surface area contributed by atoms with Crippen LogP contribution in [0.15, 0.2) is 66.9 Å². The zero-order valence-electron chi connectivity index (χ0n) is 13.2. The lowest BCUT2D eigenvalue weighted by atomic mass is 10.1. The zero-order valence-corrected chi connectivity index (χ0v) is 13.2. The maximum absolute atomic E-state index is 9.42. The Kier molecular flexibility index (Phi) is 4.86. The molecule has 0 saturated carbocycles. The SMILES string of the molecule is CC(O)CNCc1cn(-c2ccccc2)nc1-c1ccccc1. The van der Waals surface area contributed by atoms with E-state index < -0.39 is 0 Å². The van der Waals surface area contributed by atoms with Gasteiger partial charge in [0.1, 0.15) is 0 Å². The highest BCUT2D eigenvalue weighted by atomic mass is 16.3. The number of nitrogens with one attached hydrogen (secondary N) is 1. The van der Waals surface area contributed by atoms with Gasteiger partial charge in [0.05, 0.1) is 17.5 Å². The fraction of sp³-hybridized carbons (Fsp3) is 0.211. The molecule has 2 N–H and O–H groups in total. The molecule has 0 aliphatic rings. The highest BCUT2D eigenvalue weighted by Crippen LogP contribution is 2.23. The van der Waals surface area contributed by atoms with Crippen molar-refractivity contribution in [3.63, 3.8) is 0 Å². The van der Waals surface area contributed by atoms with Crippen LogP contribution >= 0.6 is 0 Å². The summed E-state index contributed by atoms with van der Waals surface area (Å²) in [5.74, 6) is 0. The number of aromatic nitrogens is 2. The predicted molar refractivity (Wildman–Crippen MR) is 92.4 cm³/mol. The van der Waals surface area contributed by atoms with E-state index in [1.54, 1.807) is 6.92 Å². The van der Waals surface area contributed by atoms with Gasteiger partial charge >= 0.3 is 0 Å². The normalized spacial score (nSPS) is 12.3. The van der Waals surface area contributed by atoms with Crippen molar-refractivity contribution in [3.8, 4) is 16.9 Å². The molecule has 1 atom stereocenters. The van der Waals surface area contributed by atoms with Crippen LogP contribution in [0.5, 0.6) is 0 Å². The fourth-order valence-corrected chi connectivity index (χ4v) is 2.51. The quantitative estimate of drug-likeness (QED) is 0.736. The highest BCUT2D eigenvalue weighted by Gasteiger charge is 2.12. The Hall–Kier alpha value is -2.43. The number of rotatable bonds is 6. The molecule has 2 aromatic carbocycles. The van der Waals surface area contributed by atoms with Crippen LogP contribution in [0.1, 0.15) is 12.5 Å². The standard InChI is InChI=1S/C19H21N3O/c1-15(23)12-20-13-17-14-22(18-10-6-3-7-11-18)21-19(17)16-8-4-2-5-9-16/h2-11,14-15,20,23H,12-13H2,1H3. The van der Waals surface area contributed by atoms with Crippen LogP contribution in [0.2, 0.25) is 0 Å². The molecule has 3 aromatic rings. The number of nitrogens with zero attached hydrogens (tertiary/aromatic N) is 2. The Bertz CT molecular complexity index is 736. The molecule has 23 heavy (non-hydrogen) atoms. The maximum atomic E-state index is 9.42. The van der Waals surface area contributed by atoms with Gasteiger partial charge < -0.3 is 10.4 Å². The van der Waals surface area contributed by atoms with Gasteiger partial charge in [-0.2, -0.15) is 5.10 Å². The van der Waals surface area contributed by atoms with Gasteiger partial charge in [0.25, 0.3) is 0 Å². The van der Waals surface area contributed by atoms with Crippen molar-refractivity contribution in [2.75, 3.05) is 6.54 Å². The third-order valence-corrected chi connectivity index (χ3v) is 3.61. The molecule has 118 valence electrons. The van der Waals surface area contributed by atoms with Crippen molar-refractivity contribution in [2.45, 2.75) is 19.6 Å². The first-order valence-corrected chi connectivity index (χ1v) is 7.82. The Morgan fingerprint density at radius 1 is 1.04 bits per heavy atom. The van der Waals surface area contributed by atoms with Crippen LogP contribution in [-0.2, 0) is 6.54 Å². The molecule has 3 rings (SSSR count). The number of aliphatic hydroxyl groups is 1. The topological polar surface area (TPSA) is 50.1 Å². The lowest BCUT2D eigenvalue weighted by Gasteiger charge is -2.06. The van der Waals surface area contributed by atoms with Crippen molar-refractivity contribution in [1.82, 2.24) is 15.1 Å². The Morgan fingerprint density at radius 3 is 2.35 bits per heavy atom. The Balaban J connectivity index is 1.93. The van der Waals surface area contributed by atoms with Crippen molar-refractivity contribution in [1.29, 1.82) is 0 Å². The molecule has 1 aromatic heterocycles. The first kappa shape index (κ1) is 15.5. The molecular weight excluding hydrogens is 286 g/mol. The molecule has 0 fully saturated rings. The number of benzene rings is 2. The van der Waals surface area contributed by atoms with Crippen molar-refractivity contribution < 1.29 is 5.11 Å². The average molecular weight is 307 g/mol. The molecule has 1 heterocycles. The van der Waals surface area contributed by atoms with Gasteiger partial charge in [-0.25, -0.2) is 4.68 Å². The minimum absolute atomic E-state index is 0.362. The number of aliphatic hydroxyl groups excluding tert-OH is 1. The van der Waals surface area contributed by atoms with Gasteiger partial charge in [0.15, 0.2) is 0 Å². The summed E-state index contributed by atoms with van der Waals surface area (Å²) >= 11 is 0. The largest absolute Gasteiger partial charge is 0.392 e. The third-order valence-electron chi connectivity index (χ3n) is 3.61. The smallest absolute Gasteiger partial charge is 0.0972 e. The predicted octanol–water partition coefficient (Wildman–Crippen LogP) is 3.01. The second-order valence-electron chi connectivity index (χ2n) is 5.63. The summed E-state index contributed by atoms with van der Waals surface area (Å²) in [6.07, 6.45) is 1.69. The second-order valence-corrected chi connectivity index (χ2v) is 5.63. The zero-order chi connectivity index (χ0) is 16.1. The molecule has 0 amide bonds. The van der Waals surface area contributed by atoms with Gasteiger partial charge in [-0.05, 0) is 19.1 Å². The van der Waals surface area contributed by atoms with E-state index in [1.165, 1.54) is 0 Å². The van der Waals surface area contributed by atoms with E-state index >= 15 is 0 Å². The van der Waals surface area contributed by atoms with E-state index in [4.69, 9.17) is 5.10 Å². The number of hydrogen-bond acceptors (Lipinski definition) is 3. The summed E-state index contributed by atoms with van der Waals surface area (Å²) < 4.78 is 1.90. The van der Waals surface area contributed by atoms with Crippen molar-refractivity contribution in [2.24, 2.45) is 0 Å². The third kappa shape index (κ3) is 3.86. The van der Waals surface area contributed by atoms with Gasteiger partial charge in [0, 0.05) is 30.4 Å². The Labute approximate surface area is 136 Å². The van der Waals surface area contributed by atoms with E-state index in [1.807, 2.05) is 59.4 Å². The molecular formula is C19H21N3O. The molecule has 0 bridgehead atoms. The lowest BCUT2D eigenvalue weighted by Crippen LogP contribution is -2.23. The van der Waals surface area contributed by atoms with E-state index in [-0.39, 0.29) is 6.10 Å². The highest BCUT2D eigenvalue weighted by molar-refractivity contribution is 5.63. The summed E-state index contributed by atoms with van der Waals surface area (Å²) in [6.45, 7) is 3.01. The first-order valence-electron chi connectivity index (χ1n) is 7.82. The molecule has 1 unspecified atom stereocenters. The molecule has 0 spiro atoms. The van der Waals surface area contributed by atoms with Crippen LogP contribution in [0.25, 0.3) is 16.9 Å². The van der Waals surface area contributed by atoms with Gasteiger partial charge in [0.2, 0.25) is 0 Å². The summed E-state index contributed by atoms with van der Waals surface area (Å²) in [4.78, 5) is 0. The van der Waals surface area contributed by atoms with Gasteiger partial charge in [-0.3, -0.25) is 0 Å². The summed E-state index contributed by atoms with van der Waals surface area (Å²) in [7, 11) is 0. The van der Waals surface area contributed by atoms with Crippen molar-refractivity contribution in [3.05, 3.63) is 72.4 Å². The average Bonchev–Trinajstić information content (AvgIpc) is 3.00. The van der Waals surface area contributed by atoms with E-state index in [0.29, 0.717) is 13.1 Å². The molecule has 0 saturated heterocycles. The molecule has 0 radical (unpaired) electrons. The van der Waals surface area contributed by atoms with Gasteiger partial charge in [-0.15, -0.1) is 0 Å². The second kappa shape index (κ2) is 7.22. The van der Waals surface area contributed by atoms with E-state index in [0.717, 1.165) is 22.5 Å². The van der Waals surface area contributed by atoms with Crippen molar-refractivity contribution >= 4 is 0 Å². The maximum Gasteiger partial charge on any atom is 0.0972 e. The molecule has 4 heteroatoms. The number of para-hydroxylation sites is 1. The van der Waals surface area contributed by atoms with Crippen LogP contribution in [0.4, 0.5) is 0 Å². The van der Waals surface area contributed by atoms with Gasteiger partial charge in [-0.1, -0.05) is 48.5 Å². The van der Waals surface area contributed by atoms with E-state index in [9.17, 15) is 5.11 Å². The number of hydrogen-bond donors (Lipinski definition) is 2. The minimum atomic E-state index is -0.362. The Morgan fingerprint density at radius 2 is 1.70 bits per heavy atom. The van der Waals surface area contributed by atoms with Crippen LogP contribution < -0.4 is 5.32 Å². The first-order chi connectivity index (χ1) is 11.2. The molecule has 0 aliphatic carbocycles. The molecule has 0 aliphatic heterocycles. The minimum Gasteiger partial charge on any atom is -0.392 e. The summed E-state index contributed by atoms with van der Waals surface area (Å²) in [5, 5.41) is 17.5. The van der Waals surface area contributed by atoms with Crippen LogP contribution in [0.3, 0.4) is 0 Å². The fourth-order valence-electron chi connectivity index (χ4n) is 2.51. The summed E-state index contributed by atoms with van der Waals surface area (Å²) in [6, 6.07) is 20.2. The van der Waals surface area contributed by atoms with E-state index in [2.05, 4.69) is 17.4 Å². The summed E-state index contributed by atoms with van der Waals surface area (Å²) in [5.41, 5.74) is 4.20. The van der Waals surface area contributed by atoms with Crippen LogP contribution in [0, 0.1) is 0 Å².